The van der Waals surface area contributed by atoms with E-state index >= 15 is 0 Å². The molecular weight excluding hydrogens is 234 g/mol. The van der Waals surface area contributed by atoms with Crippen LogP contribution in [0.4, 0.5) is 0 Å². The minimum absolute atomic E-state index is 0.598. The molecule has 1 aromatic carbocycles. The van der Waals surface area contributed by atoms with Crippen molar-refractivity contribution in [3.05, 3.63) is 47.3 Å². The largest absolute Gasteiger partial charge is 0.330 e. The van der Waals surface area contributed by atoms with Crippen LogP contribution in [-0.2, 0) is 12.8 Å². The minimum Gasteiger partial charge on any atom is -0.330 e. The Morgan fingerprint density at radius 1 is 1.37 bits per heavy atom. The third-order valence-corrected chi connectivity index (χ3v) is 3.86. The normalized spacial score (nSPS) is 18.1. The number of fused-ring (bicyclic) bond motifs is 1. The van der Waals surface area contributed by atoms with Crippen LogP contribution in [-0.4, -0.2) is 16.5 Å². The van der Waals surface area contributed by atoms with Crippen molar-refractivity contribution in [2.75, 3.05) is 6.54 Å². The molecule has 3 heteroatoms. The highest BCUT2D eigenvalue weighted by molar-refractivity contribution is 5.56. The van der Waals surface area contributed by atoms with Gasteiger partial charge in [-0.1, -0.05) is 23.8 Å². The summed E-state index contributed by atoms with van der Waals surface area (Å²) in [5.74, 6) is 1.44. The Kier molecular flexibility index (Phi) is 3.30. The smallest absolute Gasteiger partial charge is 0.159 e. The number of rotatable bonds is 2. The molecule has 0 saturated heterocycles. The van der Waals surface area contributed by atoms with E-state index in [0.29, 0.717) is 5.92 Å². The third kappa shape index (κ3) is 2.51. The SMILES string of the molecule is Cc1cccc(-c2ncc3c(n2)CCC(CN)C3)c1. The van der Waals surface area contributed by atoms with Crippen LogP contribution < -0.4 is 5.73 Å². The van der Waals surface area contributed by atoms with E-state index in [1.807, 2.05) is 6.20 Å². The highest BCUT2D eigenvalue weighted by Crippen LogP contribution is 2.25. The summed E-state index contributed by atoms with van der Waals surface area (Å²) in [4.78, 5) is 9.26. The van der Waals surface area contributed by atoms with Crippen LogP contribution in [0.25, 0.3) is 11.4 Å². The van der Waals surface area contributed by atoms with E-state index in [1.54, 1.807) is 0 Å². The lowest BCUT2D eigenvalue weighted by atomic mass is 9.87. The maximum absolute atomic E-state index is 5.76. The molecule has 0 amide bonds. The van der Waals surface area contributed by atoms with Crippen LogP contribution in [0, 0.1) is 12.8 Å². The summed E-state index contributed by atoms with van der Waals surface area (Å²) in [7, 11) is 0. The second-order valence-electron chi connectivity index (χ2n) is 5.38. The molecule has 1 aliphatic carbocycles. The maximum atomic E-state index is 5.76. The first kappa shape index (κ1) is 12.3. The highest BCUT2D eigenvalue weighted by atomic mass is 14.9. The van der Waals surface area contributed by atoms with Crippen LogP contribution >= 0.6 is 0 Å². The predicted octanol–water partition coefficient (Wildman–Crippen LogP) is 2.52. The van der Waals surface area contributed by atoms with Gasteiger partial charge < -0.3 is 5.73 Å². The van der Waals surface area contributed by atoms with Crippen LogP contribution in [0.15, 0.2) is 30.5 Å². The van der Waals surface area contributed by atoms with Crippen molar-refractivity contribution in [3.63, 3.8) is 0 Å². The zero-order valence-electron chi connectivity index (χ0n) is 11.3. The average molecular weight is 253 g/mol. The van der Waals surface area contributed by atoms with Crippen molar-refractivity contribution in [2.45, 2.75) is 26.2 Å². The van der Waals surface area contributed by atoms with Crippen LogP contribution in [0.1, 0.15) is 23.2 Å². The standard InChI is InChI=1S/C16H19N3/c1-11-3-2-4-13(7-11)16-18-10-14-8-12(9-17)5-6-15(14)19-16/h2-4,7,10,12H,5-6,8-9,17H2,1H3. The van der Waals surface area contributed by atoms with E-state index in [2.05, 4.69) is 36.2 Å². The van der Waals surface area contributed by atoms with Crippen LogP contribution in [0.5, 0.6) is 0 Å². The molecule has 0 radical (unpaired) electrons. The average Bonchev–Trinajstić information content (AvgIpc) is 2.46. The summed E-state index contributed by atoms with van der Waals surface area (Å²) in [5.41, 5.74) is 10.6. The summed E-state index contributed by atoms with van der Waals surface area (Å²) < 4.78 is 0. The molecule has 1 heterocycles. The molecule has 1 aromatic heterocycles. The zero-order valence-corrected chi connectivity index (χ0v) is 11.3. The van der Waals surface area contributed by atoms with Gasteiger partial charge in [-0.3, -0.25) is 0 Å². The number of nitrogens with two attached hydrogens (primary N) is 1. The molecule has 0 spiro atoms. The molecule has 0 bridgehead atoms. The molecular formula is C16H19N3. The van der Waals surface area contributed by atoms with Gasteiger partial charge in [0.05, 0.1) is 0 Å². The van der Waals surface area contributed by atoms with Crippen molar-refractivity contribution in [3.8, 4) is 11.4 Å². The Morgan fingerprint density at radius 2 is 2.26 bits per heavy atom. The number of benzene rings is 1. The van der Waals surface area contributed by atoms with E-state index in [4.69, 9.17) is 10.7 Å². The van der Waals surface area contributed by atoms with E-state index in [-0.39, 0.29) is 0 Å². The van der Waals surface area contributed by atoms with Crippen molar-refractivity contribution in [1.82, 2.24) is 9.97 Å². The molecule has 3 rings (SSSR count). The number of nitrogens with zero attached hydrogens (tertiary/aromatic N) is 2. The van der Waals surface area contributed by atoms with Crippen LogP contribution in [0.3, 0.4) is 0 Å². The maximum Gasteiger partial charge on any atom is 0.159 e. The number of hydrogen-bond donors (Lipinski definition) is 1. The molecule has 1 atom stereocenters. The molecule has 0 saturated carbocycles. The number of hydrogen-bond acceptors (Lipinski definition) is 3. The molecule has 3 nitrogen and oxygen atoms in total. The lowest BCUT2D eigenvalue weighted by molar-refractivity contribution is 0.462. The molecule has 2 N–H and O–H groups in total. The van der Waals surface area contributed by atoms with Gasteiger partial charge in [0, 0.05) is 17.5 Å². The second-order valence-corrected chi connectivity index (χ2v) is 5.38. The fourth-order valence-electron chi connectivity index (χ4n) is 2.71. The fourth-order valence-corrected chi connectivity index (χ4v) is 2.71. The van der Waals surface area contributed by atoms with Crippen molar-refractivity contribution in [1.29, 1.82) is 0 Å². The van der Waals surface area contributed by atoms with Gasteiger partial charge in [-0.05, 0) is 50.3 Å². The zero-order chi connectivity index (χ0) is 13.2. The molecule has 0 aliphatic heterocycles. The first-order valence-electron chi connectivity index (χ1n) is 6.88. The van der Waals surface area contributed by atoms with Crippen molar-refractivity contribution >= 4 is 0 Å². The monoisotopic (exact) mass is 253 g/mol. The Labute approximate surface area is 113 Å². The van der Waals surface area contributed by atoms with E-state index in [9.17, 15) is 0 Å². The summed E-state index contributed by atoms with van der Waals surface area (Å²) in [5, 5.41) is 0. The Morgan fingerprint density at radius 3 is 3.05 bits per heavy atom. The third-order valence-electron chi connectivity index (χ3n) is 3.86. The Bertz CT molecular complexity index is 592. The lowest BCUT2D eigenvalue weighted by Crippen LogP contribution is -2.23. The Hall–Kier alpha value is -1.74. The van der Waals surface area contributed by atoms with Gasteiger partial charge in [-0.25, -0.2) is 9.97 Å². The first-order chi connectivity index (χ1) is 9.26. The Balaban J connectivity index is 1.94. The van der Waals surface area contributed by atoms with Gasteiger partial charge >= 0.3 is 0 Å². The quantitative estimate of drug-likeness (QED) is 0.894. The van der Waals surface area contributed by atoms with Crippen LogP contribution in [0.2, 0.25) is 0 Å². The molecule has 0 fully saturated rings. The van der Waals surface area contributed by atoms with Crippen molar-refractivity contribution < 1.29 is 0 Å². The van der Waals surface area contributed by atoms with Gasteiger partial charge in [0.15, 0.2) is 5.82 Å². The van der Waals surface area contributed by atoms with E-state index in [0.717, 1.165) is 37.2 Å². The van der Waals surface area contributed by atoms with E-state index in [1.165, 1.54) is 16.8 Å². The summed E-state index contributed by atoms with van der Waals surface area (Å²) in [6, 6.07) is 8.35. The molecule has 2 aromatic rings. The minimum atomic E-state index is 0.598. The molecule has 19 heavy (non-hydrogen) atoms. The predicted molar refractivity (Wildman–Crippen MR) is 76.8 cm³/mol. The first-order valence-corrected chi connectivity index (χ1v) is 6.88. The number of aryl methyl sites for hydroxylation is 2. The van der Waals surface area contributed by atoms with Gasteiger partial charge in [0.25, 0.3) is 0 Å². The highest BCUT2D eigenvalue weighted by Gasteiger charge is 2.19. The summed E-state index contributed by atoms with van der Waals surface area (Å²) in [6.45, 7) is 2.85. The molecule has 98 valence electrons. The lowest BCUT2D eigenvalue weighted by Gasteiger charge is -2.22. The van der Waals surface area contributed by atoms with Gasteiger partial charge in [0.1, 0.15) is 0 Å². The molecule has 1 unspecified atom stereocenters. The summed E-state index contributed by atoms with van der Waals surface area (Å²) >= 11 is 0. The second kappa shape index (κ2) is 5.10. The van der Waals surface area contributed by atoms with Gasteiger partial charge in [0.2, 0.25) is 0 Å². The van der Waals surface area contributed by atoms with E-state index < -0.39 is 0 Å². The summed E-state index contributed by atoms with van der Waals surface area (Å²) in [6.07, 6.45) is 5.19. The van der Waals surface area contributed by atoms with Gasteiger partial charge in [-0.15, -0.1) is 0 Å². The van der Waals surface area contributed by atoms with Gasteiger partial charge in [-0.2, -0.15) is 0 Å². The molecule has 1 aliphatic rings. The topological polar surface area (TPSA) is 51.8 Å². The fraction of sp³-hybridized carbons (Fsp3) is 0.375. The van der Waals surface area contributed by atoms with Crippen molar-refractivity contribution in [2.24, 2.45) is 11.7 Å². The number of aromatic nitrogens is 2.